The van der Waals surface area contributed by atoms with Crippen molar-refractivity contribution in [3.63, 3.8) is 0 Å². The van der Waals surface area contributed by atoms with Gasteiger partial charge in [-0.1, -0.05) is 80.9 Å². The summed E-state index contributed by atoms with van der Waals surface area (Å²) in [7, 11) is 0. The van der Waals surface area contributed by atoms with E-state index in [1.807, 2.05) is 0 Å². The van der Waals surface area contributed by atoms with Gasteiger partial charge >= 0.3 is 12.0 Å². The lowest BCUT2D eigenvalue weighted by atomic mass is 9.86. The van der Waals surface area contributed by atoms with Gasteiger partial charge in [0.2, 0.25) is 11.7 Å². The first kappa shape index (κ1) is 47.6. The van der Waals surface area contributed by atoms with Gasteiger partial charge in [-0.25, -0.2) is 9.78 Å². The van der Waals surface area contributed by atoms with Crippen LogP contribution < -0.4 is 22.5 Å². The standard InChI is InChI=1S/C43H52F2N8O8/c1-6-24(2)33(48)35(54)28-17-18-50-34(32(28)37(56)43(44,45)36(55)29(46)19-25-13-9-7-10-14-25)40(59)53(41(60)61-42(3,4)5)39(58)31(21-27-22-49-23-51-27)52-38(57)30(47)20-26-15-11-8-12-16-26/h7-18,22-24,29-31,33,36,55H,6,19-21,46-48H2,1-5H3,(H,49,51)(H,52,57)/t24-,29?,30-,31-,33-,36?/m0/s1. The molecule has 0 saturated heterocycles. The first-order chi connectivity index (χ1) is 28.7. The molecule has 6 atom stereocenters. The highest BCUT2D eigenvalue weighted by Crippen LogP contribution is 2.31. The molecule has 2 unspecified atom stereocenters. The van der Waals surface area contributed by atoms with Crippen LogP contribution >= 0.6 is 0 Å². The molecule has 326 valence electrons. The molecule has 0 fully saturated rings. The van der Waals surface area contributed by atoms with Crippen molar-refractivity contribution in [2.24, 2.45) is 23.1 Å². The van der Waals surface area contributed by atoms with E-state index in [2.05, 4.69) is 20.3 Å². The average Bonchev–Trinajstić information content (AvgIpc) is 3.74. The number of nitrogens with two attached hydrogens (primary N) is 3. The Bertz CT molecular complexity index is 2170. The van der Waals surface area contributed by atoms with E-state index < -0.39 is 106 Å². The molecule has 0 bridgehead atoms. The fourth-order valence-corrected chi connectivity index (χ4v) is 6.22. The van der Waals surface area contributed by atoms with Crippen molar-refractivity contribution in [3.8, 4) is 0 Å². The summed E-state index contributed by atoms with van der Waals surface area (Å²) in [5, 5.41) is 13.4. The topological polar surface area (TPSA) is 267 Å². The van der Waals surface area contributed by atoms with Crippen molar-refractivity contribution in [2.45, 2.75) is 102 Å². The fourth-order valence-electron chi connectivity index (χ4n) is 6.22. The van der Waals surface area contributed by atoms with Crippen LogP contribution in [0.2, 0.25) is 0 Å². The Morgan fingerprint density at radius 2 is 1.49 bits per heavy atom. The monoisotopic (exact) mass is 846 g/mol. The smallest absolute Gasteiger partial charge is 0.424 e. The maximum atomic E-state index is 16.4. The molecule has 4 aromatic rings. The number of aromatic amines is 1. The molecule has 18 heteroatoms. The van der Waals surface area contributed by atoms with Gasteiger partial charge in [0.05, 0.1) is 24.0 Å². The van der Waals surface area contributed by atoms with Crippen LogP contribution in [0.5, 0.6) is 0 Å². The molecule has 0 saturated carbocycles. The molecule has 0 aliphatic heterocycles. The van der Waals surface area contributed by atoms with Gasteiger partial charge in [0, 0.05) is 36.1 Å². The van der Waals surface area contributed by atoms with Crippen LogP contribution in [-0.2, 0) is 33.6 Å². The zero-order chi connectivity index (χ0) is 45.2. The summed E-state index contributed by atoms with van der Waals surface area (Å²) >= 11 is 0. The lowest BCUT2D eigenvalue weighted by molar-refractivity contribution is -0.134. The van der Waals surface area contributed by atoms with E-state index in [0.29, 0.717) is 17.5 Å². The highest BCUT2D eigenvalue weighted by Gasteiger charge is 2.52. The number of benzene rings is 2. The Balaban J connectivity index is 1.87. The van der Waals surface area contributed by atoms with Crippen molar-refractivity contribution < 1.29 is 47.4 Å². The van der Waals surface area contributed by atoms with Gasteiger partial charge in [0.25, 0.3) is 11.8 Å². The van der Waals surface area contributed by atoms with E-state index in [9.17, 15) is 33.9 Å². The Hall–Kier alpha value is -6.08. The number of aliphatic hydroxyl groups excluding tert-OH is 1. The van der Waals surface area contributed by atoms with Gasteiger partial charge in [0.15, 0.2) is 5.78 Å². The molecule has 4 amide bonds. The normalized spacial score (nSPS) is 14.7. The summed E-state index contributed by atoms with van der Waals surface area (Å²) in [6.07, 6.45) is -1.48. The number of nitrogens with zero attached hydrogens (tertiary/aromatic N) is 3. The van der Waals surface area contributed by atoms with E-state index in [4.69, 9.17) is 21.9 Å². The number of aromatic nitrogens is 3. The van der Waals surface area contributed by atoms with Gasteiger partial charge < -0.3 is 37.3 Å². The molecule has 2 aromatic carbocycles. The van der Waals surface area contributed by atoms with Gasteiger partial charge in [-0.3, -0.25) is 29.0 Å². The lowest BCUT2D eigenvalue weighted by Gasteiger charge is -2.30. The Labute approximate surface area is 351 Å². The second-order valence-electron chi connectivity index (χ2n) is 15.7. The van der Waals surface area contributed by atoms with Crippen LogP contribution in [0, 0.1) is 5.92 Å². The highest BCUT2D eigenvalue weighted by molar-refractivity contribution is 6.22. The van der Waals surface area contributed by atoms with Gasteiger partial charge in [-0.15, -0.1) is 0 Å². The number of pyridine rings is 1. The van der Waals surface area contributed by atoms with Crippen LogP contribution in [0.15, 0.2) is 85.5 Å². The van der Waals surface area contributed by atoms with Crippen LogP contribution in [0.1, 0.15) is 89.1 Å². The van der Waals surface area contributed by atoms with Crippen molar-refractivity contribution in [2.75, 3.05) is 0 Å². The number of ether oxygens (including phenoxy) is 1. The molecular formula is C43H52F2N8O8. The third kappa shape index (κ3) is 12.0. The van der Waals surface area contributed by atoms with Crippen LogP contribution in [-0.4, -0.2) is 102 Å². The molecule has 0 aliphatic rings. The van der Waals surface area contributed by atoms with Crippen molar-refractivity contribution >= 4 is 35.4 Å². The minimum Gasteiger partial charge on any atom is -0.443 e. The second-order valence-corrected chi connectivity index (χ2v) is 15.7. The number of alkyl halides is 2. The summed E-state index contributed by atoms with van der Waals surface area (Å²) < 4.78 is 38.3. The molecule has 4 rings (SSSR count). The zero-order valence-corrected chi connectivity index (χ0v) is 34.5. The number of rotatable bonds is 18. The average molecular weight is 847 g/mol. The number of hydrogen-bond donors (Lipinski definition) is 6. The number of ketones is 2. The van der Waals surface area contributed by atoms with Crippen molar-refractivity contribution in [1.82, 2.24) is 25.2 Å². The van der Waals surface area contributed by atoms with Gasteiger partial charge in [0.1, 0.15) is 23.4 Å². The quantitative estimate of drug-likeness (QED) is 0.0786. The van der Waals surface area contributed by atoms with Gasteiger partial charge in [-0.2, -0.15) is 13.7 Å². The number of hydrogen-bond acceptors (Lipinski definition) is 13. The summed E-state index contributed by atoms with van der Waals surface area (Å²) in [5.41, 5.74) is 15.1. The summed E-state index contributed by atoms with van der Waals surface area (Å²) in [6, 6.07) is 11.4. The van der Waals surface area contributed by atoms with E-state index >= 15 is 8.78 Å². The van der Waals surface area contributed by atoms with E-state index in [1.165, 1.54) is 33.3 Å². The Morgan fingerprint density at radius 3 is 2.03 bits per heavy atom. The van der Waals surface area contributed by atoms with Crippen molar-refractivity contribution in [3.05, 3.63) is 119 Å². The summed E-state index contributed by atoms with van der Waals surface area (Å²) in [6.45, 7) is 7.54. The predicted octanol–water partition coefficient (Wildman–Crippen LogP) is 3.31. The molecule has 2 heterocycles. The number of imide groups is 3. The number of nitrogens with one attached hydrogen (secondary N) is 2. The number of Topliss-reactive ketones (excluding diaryl/α,β-unsaturated/α-hetero) is 2. The lowest BCUT2D eigenvalue weighted by Crippen LogP contribution is -2.57. The van der Waals surface area contributed by atoms with E-state index in [-0.39, 0.29) is 23.4 Å². The number of imidazole rings is 1. The maximum Gasteiger partial charge on any atom is 0.424 e. The van der Waals surface area contributed by atoms with Crippen LogP contribution in [0.25, 0.3) is 0 Å². The Morgan fingerprint density at radius 1 is 0.902 bits per heavy atom. The Kier molecular flexibility index (Phi) is 16.0. The largest absolute Gasteiger partial charge is 0.443 e. The highest BCUT2D eigenvalue weighted by atomic mass is 19.3. The molecule has 9 N–H and O–H groups in total. The first-order valence-corrected chi connectivity index (χ1v) is 19.5. The van der Waals surface area contributed by atoms with E-state index in [1.54, 1.807) is 74.5 Å². The third-order valence-electron chi connectivity index (χ3n) is 9.83. The predicted molar refractivity (Wildman–Crippen MR) is 219 cm³/mol. The first-order valence-electron chi connectivity index (χ1n) is 19.5. The number of carbonyl (C=O) groups is 6. The zero-order valence-electron chi connectivity index (χ0n) is 34.5. The van der Waals surface area contributed by atoms with Gasteiger partial charge in [-0.05, 0) is 56.7 Å². The number of carbonyl (C=O) groups excluding carboxylic acids is 6. The number of halogens is 2. The van der Waals surface area contributed by atoms with Crippen molar-refractivity contribution in [1.29, 1.82) is 0 Å². The molecule has 0 spiro atoms. The third-order valence-corrected chi connectivity index (χ3v) is 9.83. The minimum absolute atomic E-state index is 0.0242. The molecule has 0 radical (unpaired) electrons. The molecule has 61 heavy (non-hydrogen) atoms. The molecule has 2 aromatic heterocycles. The summed E-state index contributed by atoms with van der Waals surface area (Å²) in [4.78, 5) is 95.6. The second kappa shape index (κ2) is 20.5. The molecule has 16 nitrogen and oxygen atoms in total. The maximum absolute atomic E-state index is 16.4. The molecule has 0 aliphatic carbocycles. The summed E-state index contributed by atoms with van der Waals surface area (Å²) in [5.74, 6) is -12.8. The number of H-pyrrole nitrogens is 1. The van der Waals surface area contributed by atoms with Crippen LogP contribution in [0.3, 0.4) is 0 Å². The molecular weight excluding hydrogens is 795 g/mol. The SMILES string of the molecule is CC[C@H](C)[C@H](N)C(=O)c1ccnc(C(=O)N(C(=O)OC(C)(C)C)C(=O)[C@H](Cc2cnc[nH]2)NC(=O)[C@@H](N)Cc2ccccc2)c1C(=O)C(F)(F)C(O)C(N)Cc1ccccc1. The fraction of sp³-hybridized carbons (Fsp3) is 0.395. The number of amides is 4. The van der Waals surface area contributed by atoms with E-state index in [0.717, 1.165) is 12.3 Å². The minimum atomic E-state index is -4.80. The van der Waals surface area contributed by atoms with Crippen LogP contribution in [0.4, 0.5) is 13.6 Å². The number of aliphatic hydroxyl groups is 1.